The van der Waals surface area contributed by atoms with Crippen molar-refractivity contribution in [1.82, 2.24) is 9.80 Å². The number of hydrogen-bond donors (Lipinski definition) is 0. The minimum Gasteiger partial charge on any atom is -0.491 e. The van der Waals surface area contributed by atoms with Gasteiger partial charge in [-0.3, -0.25) is 9.59 Å². The molecule has 3 aromatic rings. The topological polar surface area (TPSA) is 68.3 Å². The normalized spacial score (nSPS) is 17.9. The average Bonchev–Trinajstić information content (AvgIpc) is 3.38. The van der Waals surface area contributed by atoms with Crippen LogP contribution < -0.4 is 14.2 Å². The molecule has 0 radical (unpaired) electrons. The Hall–Kier alpha value is -3.59. The Balaban J connectivity index is 1.20. The number of hydrogen-bond acceptors (Lipinski definition) is 6. The second kappa shape index (κ2) is 10.0. The molecule has 2 aliphatic heterocycles. The number of carbonyl (C=O) groups is 2. The summed E-state index contributed by atoms with van der Waals surface area (Å²) in [6.07, 6.45) is 2.90. The van der Waals surface area contributed by atoms with Crippen molar-refractivity contribution < 1.29 is 28.2 Å². The number of thiophene rings is 1. The average molecular weight is 523 g/mol. The molecule has 2 amide bonds. The van der Waals surface area contributed by atoms with Gasteiger partial charge in [-0.15, -0.1) is 11.3 Å². The maximum Gasteiger partial charge on any atom is 0.254 e. The Morgan fingerprint density at radius 1 is 1.08 bits per heavy atom. The largest absolute Gasteiger partial charge is 0.491 e. The van der Waals surface area contributed by atoms with Crippen LogP contribution in [0.5, 0.6) is 17.2 Å². The molecule has 0 bridgehead atoms. The molecule has 1 atom stereocenters. The van der Waals surface area contributed by atoms with Crippen molar-refractivity contribution in [2.75, 3.05) is 33.0 Å². The first-order valence-electron chi connectivity index (χ1n) is 12.5. The Morgan fingerprint density at radius 2 is 1.89 bits per heavy atom. The molecule has 0 N–H and O–H groups in total. The van der Waals surface area contributed by atoms with E-state index in [1.54, 1.807) is 46.6 Å². The predicted octanol–water partition coefficient (Wildman–Crippen LogP) is 4.67. The Kier molecular flexibility index (Phi) is 6.46. The minimum atomic E-state index is -0.329. The van der Waals surface area contributed by atoms with Gasteiger partial charge in [0.05, 0.1) is 6.04 Å². The van der Waals surface area contributed by atoms with E-state index in [1.165, 1.54) is 17.0 Å². The second-order valence-corrected chi connectivity index (χ2v) is 10.6. The van der Waals surface area contributed by atoms with Crippen LogP contribution in [0.3, 0.4) is 0 Å². The molecule has 1 saturated carbocycles. The molecule has 9 heteroatoms. The molecule has 1 fully saturated rings. The summed E-state index contributed by atoms with van der Waals surface area (Å²) >= 11 is 1.68. The van der Waals surface area contributed by atoms with Gasteiger partial charge in [0, 0.05) is 23.5 Å². The minimum absolute atomic E-state index is 0.00368. The molecule has 192 valence electrons. The molecule has 0 saturated heterocycles. The lowest BCUT2D eigenvalue weighted by molar-refractivity contribution is -0.135. The number of ether oxygens (including phenoxy) is 3. The molecule has 2 aromatic carbocycles. The molecular weight excluding hydrogens is 495 g/mol. The number of carbonyl (C=O) groups excluding carboxylic acids is 2. The van der Waals surface area contributed by atoms with Crippen LogP contribution in [0.1, 0.15) is 39.7 Å². The summed E-state index contributed by atoms with van der Waals surface area (Å²) in [4.78, 5) is 32.0. The van der Waals surface area contributed by atoms with E-state index in [9.17, 15) is 14.0 Å². The Bertz CT molecular complexity index is 1310. The van der Waals surface area contributed by atoms with Crippen LogP contribution in [-0.2, 0) is 11.2 Å². The van der Waals surface area contributed by atoms with Gasteiger partial charge in [0.2, 0.25) is 12.7 Å². The van der Waals surface area contributed by atoms with E-state index >= 15 is 0 Å². The summed E-state index contributed by atoms with van der Waals surface area (Å²) < 4.78 is 30.1. The van der Waals surface area contributed by atoms with Crippen molar-refractivity contribution in [3.8, 4) is 17.2 Å². The van der Waals surface area contributed by atoms with Crippen molar-refractivity contribution in [1.29, 1.82) is 0 Å². The van der Waals surface area contributed by atoms with Gasteiger partial charge < -0.3 is 24.0 Å². The molecule has 7 nitrogen and oxygen atoms in total. The Morgan fingerprint density at radius 3 is 2.70 bits per heavy atom. The summed E-state index contributed by atoms with van der Waals surface area (Å²) in [7, 11) is 0. The van der Waals surface area contributed by atoms with Gasteiger partial charge in [-0.25, -0.2) is 4.39 Å². The monoisotopic (exact) mass is 522 g/mol. The molecule has 1 aliphatic carbocycles. The van der Waals surface area contributed by atoms with E-state index in [0.717, 1.165) is 24.8 Å². The standard InChI is InChI=1S/C28H27FN2O5S/c29-20-4-6-21(7-5-20)34-16-23-22-10-12-37-26(22)9-11-31(23)27(32)15-30(14-18-1-2-18)28(33)19-3-8-24-25(13-19)36-17-35-24/h3-8,10,12-13,18,23H,1-2,9,11,14-17H2/t23-/m0/s1. The summed E-state index contributed by atoms with van der Waals surface area (Å²) in [5.74, 6) is 1.50. The molecule has 6 rings (SSSR count). The molecule has 0 spiro atoms. The highest BCUT2D eigenvalue weighted by Gasteiger charge is 2.35. The van der Waals surface area contributed by atoms with Crippen LogP contribution in [-0.4, -0.2) is 54.6 Å². The van der Waals surface area contributed by atoms with Gasteiger partial charge in [-0.1, -0.05) is 0 Å². The van der Waals surface area contributed by atoms with Crippen molar-refractivity contribution in [2.24, 2.45) is 5.92 Å². The first-order valence-corrected chi connectivity index (χ1v) is 13.4. The lowest BCUT2D eigenvalue weighted by atomic mass is 10.00. The number of rotatable bonds is 8. The number of halogens is 1. The highest BCUT2D eigenvalue weighted by molar-refractivity contribution is 7.10. The molecular formula is C28H27FN2O5S. The van der Waals surface area contributed by atoms with E-state index in [4.69, 9.17) is 14.2 Å². The van der Waals surface area contributed by atoms with Gasteiger partial charge in [0.15, 0.2) is 11.5 Å². The van der Waals surface area contributed by atoms with Crippen LogP contribution in [0, 0.1) is 11.7 Å². The van der Waals surface area contributed by atoms with E-state index in [2.05, 4.69) is 0 Å². The highest BCUT2D eigenvalue weighted by Crippen LogP contribution is 2.36. The molecule has 3 heterocycles. The van der Waals surface area contributed by atoms with Crippen molar-refractivity contribution >= 4 is 23.2 Å². The zero-order valence-electron chi connectivity index (χ0n) is 20.2. The van der Waals surface area contributed by atoms with Crippen LogP contribution in [0.2, 0.25) is 0 Å². The van der Waals surface area contributed by atoms with Crippen LogP contribution in [0.25, 0.3) is 0 Å². The van der Waals surface area contributed by atoms with Gasteiger partial charge in [-0.2, -0.15) is 0 Å². The van der Waals surface area contributed by atoms with Gasteiger partial charge in [-0.05, 0) is 84.7 Å². The third-order valence-electron chi connectivity index (χ3n) is 7.05. The number of amides is 2. The molecule has 0 unspecified atom stereocenters. The van der Waals surface area contributed by atoms with Crippen molar-refractivity contribution in [3.63, 3.8) is 0 Å². The maximum atomic E-state index is 13.7. The fraction of sp³-hybridized carbons (Fsp3) is 0.357. The lowest BCUT2D eigenvalue weighted by Crippen LogP contribution is -2.48. The first kappa shape index (κ1) is 23.8. The first-order chi connectivity index (χ1) is 18.0. The fourth-order valence-electron chi connectivity index (χ4n) is 4.88. The number of benzene rings is 2. The van der Waals surface area contributed by atoms with Gasteiger partial charge in [0.25, 0.3) is 5.91 Å². The number of fused-ring (bicyclic) bond motifs is 2. The second-order valence-electron chi connectivity index (χ2n) is 9.61. The summed E-state index contributed by atoms with van der Waals surface area (Å²) in [5, 5.41) is 2.03. The lowest BCUT2D eigenvalue weighted by Gasteiger charge is -2.37. The van der Waals surface area contributed by atoms with Crippen molar-refractivity contribution in [3.05, 3.63) is 75.7 Å². The molecule has 3 aliphatic rings. The summed E-state index contributed by atoms with van der Waals surface area (Å²) in [6, 6.07) is 12.8. The van der Waals surface area contributed by atoms with E-state index in [1.807, 2.05) is 16.3 Å². The summed E-state index contributed by atoms with van der Waals surface area (Å²) in [6.45, 7) is 1.49. The zero-order chi connectivity index (χ0) is 25.4. The quantitative estimate of drug-likeness (QED) is 0.430. The summed E-state index contributed by atoms with van der Waals surface area (Å²) in [5.41, 5.74) is 1.55. The van der Waals surface area contributed by atoms with E-state index < -0.39 is 0 Å². The third-order valence-corrected chi connectivity index (χ3v) is 8.04. The number of nitrogens with zero attached hydrogens (tertiary/aromatic N) is 2. The van der Waals surface area contributed by atoms with Crippen LogP contribution in [0.4, 0.5) is 4.39 Å². The third kappa shape index (κ3) is 5.13. The highest BCUT2D eigenvalue weighted by atomic mass is 32.1. The fourth-order valence-corrected chi connectivity index (χ4v) is 5.81. The smallest absolute Gasteiger partial charge is 0.254 e. The Labute approximate surface area is 218 Å². The SMILES string of the molecule is O=C(c1ccc2c(c1)OCO2)N(CC(=O)N1CCc2sccc2[C@@H]1COc1ccc(F)cc1)CC1CC1. The van der Waals surface area contributed by atoms with Crippen LogP contribution >= 0.6 is 11.3 Å². The van der Waals surface area contributed by atoms with Crippen molar-refractivity contribution in [2.45, 2.75) is 25.3 Å². The van der Waals surface area contributed by atoms with Gasteiger partial charge in [0.1, 0.15) is 24.7 Å². The molecule has 37 heavy (non-hydrogen) atoms. The predicted molar refractivity (Wildman–Crippen MR) is 136 cm³/mol. The van der Waals surface area contributed by atoms with Crippen LogP contribution in [0.15, 0.2) is 53.9 Å². The molecule has 1 aromatic heterocycles. The maximum absolute atomic E-state index is 13.7. The van der Waals surface area contributed by atoms with E-state index in [-0.39, 0.29) is 43.6 Å². The van der Waals surface area contributed by atoms with E-state index in [0.29, 0.717) is 41.8 Å². The van der Waals surface area contributed by atoms with Gasteiger partial charge >= 0.3 is 0 Å². The zero-order valence-corrected chi connectivity index (χ0v) is 21.0.